The minimum absolute atomic E-state index is 0.0579. The first-order valence-corrected chi connectivity index (χ1v) is 6.37. The molecule has 1 aromatic heterocycles. The largest absolute Gasteiger partial charge is 0.351 e. The van der Waals surface area contributed by atoms with Gasteiger partial charge in [0, 0.05) is 11.7 Å². The summed E-state index contributed by atoms with van der Waals surface area (Å²) in [7, 11) is 0. The molecule has 0 saturated carbocycles. The SMILES string of the molecule is CCC(C)(C)NC(=O)CSc1ccccn1. The molecule has 0 spiro atoms. The third kappa shape index (κ3) is 4.66. The highest BCUT2D eigenvalue weighted by atomic mass is 32.2. The fraction of sp³-hybridized carbons (Fsp3) is 0.500. The highest BCUT2D eigenvalue weighted by Gasteiger charge is 2.17. The molecule has 0 radical (unpaired) electrons. The predicted octanol–water partition coefficient (Wildman–Crippen LogP) is 2.48. The second-order valence-corrected chi connectivity index (χ2v) is 5.24. The van der Waals surface area contributed by atoms with Gasteiger partial charge in [0.1, 0.15) is 0 Å². The molecule has 0 aliphatic rings. The van der Waals surface area contributed by atoms with Gasteiger partial charge in [-0.05, 0) is 32.4 Å². The van der Waals surface area contributed by atoms with Crippen molar-refractivity contribution in [2.45, 2.75) is 37.8 Å². The van der Waals surface area contributed by atoms with Crippen LogP contribution >= 0.6 is 11.8 Å². The quantitative estimate of drug-likeness (QED) is 0.801. The Morgan fingerprint density at radius 1 is 1.50 bits per heavy atom. The number of rotatable bonds is 5. The van der Waals surface area contributed by atoms with Crippen LogP contribution in [0.1, 0.15) is 27.2 Å². The van der Waals surface area contributed by atoms with Gasteiger partial charge in [-0.15, -0.1) is 0 Å². The molecule has 16 heavy (non-hydrogen) atoms. The van der Waals surface area contributed by atoms with Gasteiger partial charge in [-0.2, -0.15) is 0 Å². The number of nitrogens with zero attached hydrogens (tertiary/aromatic N) is 1. The molecule has 1 amide bonds. The second-order valence-electron chi connectivity index (χ2n) is 4.24. The van der Waals surface area contributed by atoms with E-state index < -0.39 is 0 Å². The van der Waals surface area contributed by atoms with Crippen molar-refractivity contribution >= 4 is 17.7 Å². The zero-order chi connectivity index (χ0) is 12.0. The normalized spacial score (nSPS) is 11.2. The van der Waals surface area contributed by atoms with Crippen molar-refractivity contribution in [1.29, 1.82) is 0 Å². The Balaban J connectivity index is 2.36. The van der Waals surface area contributed by atoms with Crippen molar-refractivity contribution < 1.29 is 4.79 Å². The van der Waals surface area contributed by atoms with Crippen molar-refractivity contribution in [2.24, 2.45) is 0 Å². The molecule has 0 aromatic carbocycles. The number of pyridine rings is 1. The number of carbonyl (C=O) groups is 1. The lowest BCUT2D eigenvalue weighted by molar-refractivity contribution is -0.120. The molecule has 0 unspecified atom stereocenters. The summed E-state index contributed by atoms with van der Waals surface area (Å²) in [6, 6.07) is 5.69. The Bertz CT molecular complexity index is 338. The molecule has 0 fully saturated rings. The summed E-state index contributed by atoms with van der Waals surface area (Å²) in [5.74, 6) is 0.475. The van der Waals surface area contributed by atoms with E-state index in [2.05, 4.69) is 17.2 Å². The molecule has 88 valence electrons. The van der Waals surface area contributed by atoms with E-state index in [1.807, 2.05) is 32.0 Å². The molecule has 3 nitrogen and oxygen atoms in total. The van der Waals surface area contributed by atoms with E-state index in [1.165, 1.54) is 11.8 Å². The Morgan fingerprint density at radius 3 is 2.81 bits per heavy atom. The average molecular weight is 238 g/mol. The van der Waals surface area contributed by atoms with E-state index in [-0.39, 0.29) is 11.4 Å². The Labute approximate surface area is 101 Å². The maximum atomic E-state index is 11.6. The molecule has 1 N–H and O–H groups in total. The minimum Gasteiger partial charge on any atom is -0.351 e. The smallest absolute Gasteiger partial charge is 0.230 e. The Hall–Kier alpha value is -1.03. The molecule has 0 bridgehead atoms. The molecular weight excluding hydrogens is 220 g/mol. The first kappa shape index (κ1) is 13.0. The fourth-order valence-corrected chi connectivity index (χ4v) is 1.74. The van der Waals surface area contributed by atoms with Crippen LogP contribution in [0.2, 0.25) is 0 Å². The van der Waals surface area contributed by atoms with Gasteiger partial charge in [-0.25, -0.2) is 4.98 Å². The molecule has 1 aromatic rings. The monoisotopic (exact) mass is 238 g/mol. The lowest BCUT2D eigenvalue weighted by Crippen LogP contribution is -2.43. The number of carbonyl (C=O) groups excluding carboxylic acids is 1. The number of aromatic nitrogens is 1. The van der Waals surface area contributed by atoms with E-state index in [4.69, 9.17) is 0 Å². The van der Waals surface area contributed by atoms with Gasteiger partial charge >= 0.3 is 0 Å². The zero-order valence-corrected chi connectivity index (χ0v) is 10.8. The number of hydrogen-bond donors (Lipinski definition) is 1. The van der Waals surface area contributed by atoms with E-state index >= 15 is 0 Å². The van der Waals surface area contributed by atoms with Crippen LogP contribution in [0.25, 0.3) is 0 Å². The van der Waals surface area contributed by atoms with Crippen molar-refractivity contribution in [3.05, 3.63) is 24.4 Å². The van der Waals surface area contributed by atoms with Gasteiger partial charge in [0.25, 0.3) is 0 Å². The fourth-order valence-electron chi connectivity index (χ4n) is 1.07. The maximum Gasteiger partial charge on any atom is 0.230 e. The van der Waals surface area contributed by atoms with Crippen molar-refractivity contribution in [1.82, 2.24) is 10.3 Å². The van der Waals surface area contributed by atoms with Gasteiger partial charge in [0.2, 0.25) is 5.91 Å². The molecule has 0 saturated heterocycles. The summed E-state index contributed by atoms with van der Waals surface area (Å²) in [5, 5.41) is 3.87. The molecule has 0 aliphatic carbocycles. The first-order valence-electron chi connectivity index (χ1n) is 5.38. The molecular formula is C12H18N2OS. The average Bonchev–Trinajstić information content (AvgIpc) is 2.27. The van der Waals surface area contributed by atoms with Crippen LogP contribution in [0.15, 0.2) is 29.4 Å². The van der Waals surface area contributed by atoms with Crippen LogP contribution in [0.5, 0.6) is 0 Å². The number of amides is 1. The minimum atomic E-state index is -0.123. The summed E-state index contributed by atoms with van der Waals surface area (Å²) in [5.41, 5.74) is -0.123. The van der Waals surface area contributed by atoms with Gasteiger partial charge in [0.05, 0.1) is 10.8 Å². The topological polar surface area (TPSA) is 42.0 Å². The Morgan fingerprint density at radius 2 is 2.25 bits per heavy atom. The van der Waals surface area contributed by atoms with Gasteiger partial charge in [0.15, 0.2) is 0 Å². The molecule has 1 heterocycles. The molecule has 4 heteroatoms. The third-order valence-corrected chi connectivity index (χ3v) is 3.29. The molecule has 1 rings (SSSR count). The van der Waals surface area contributed by atoms with Crippen LogP contribution in [0.4, 0.5) is 0 Å². The lowest BCUT2D eigenvalue weighted by Gasteiger charge is -2.24. The van der Waals surface area contributed by atoms with Crippen molar-refractivity contribution in [3.8, 4) is 0 Å². The number of thioether (sulfide) groups is 1. The Kier molecular flexibility index (Phi) is 4.80. The van der Waals surface area contributed by atoms with Crippen LogP contribution in [-0.2, 0) is 4.79 Å². The summed E-state index contributed by atoms with van der Waals surface area (Å²) >= 11 is 1.46. The summed E-state index contributed by atoms with van der Waals surface area (Å²) < 4.78 is 0. The lowest BCUT2D eigenvalue weighted by atomic mass is 10.0. The summed E-state index contributed by atoms with van der Waals surface area (Å²) in [4.78, 5) is 15.8. The van der Waals surface area contributed by atoms with Gasteiger partial charge in [-0.1, -0.05) is 24.8 Å². The van der Waals surface area contributed by atoms with E-state index in [0.717, 1.165) is 11.4 Å². The number of hydrogen-bond acceptors (Lipinski definition) is 3. The standard InChI is InChI=1S/C12H18N2OS/c1-4-12(2,3)14-10(15)9-16-11-7-5-6-8-13-11/h5-8H,4,9H2,1-3H3,(H,14,15). The highest BCUT2D eigenvalue weighted by Crippen LogP contribution is 2.14. The van der Waals surface area contributed by atoms with E-state index in [1.54, 1.807) is 6.20 Å². The first-order chi connectivity index (χ1) is 7.53. The maximum absolute atomic E-state index is 11.6. The van der Waals surface area contributed by atoms with E-state index in [9.17, 15) is 4.79 Å². The second kappa shape index (κ2) is 5.89. The van der Waals surface area contributed by atoms with Crippen LogP contribution < -0.4 is 5.32 Å². The zero-order valence-electron chi connectivity index (χ0n) is 9.99. The van der Waals surface area contributed by atoms with Gasteiger partial charge in [-0.3, -0.25) is 4.79 Å². The molecule has 0 atom stereocenters. The third-order valence-electron chi connectivity index (χ3n) is 2.35. The predicted molar refractivity (Wildman–Crippen MR) is 67.5 cm³/mol. The number of nitrogens with one attached hydrogen (secondary N) is 1. The van der Waals surface area contributed by atoms with Gasteiger partial charge < -0.3 is 5.32 Å². The molecule has 0 aliphatic heterocycles. The van der Waals surface area contributed by atoms with E-state index in [0.29, 0.717) is 5.75 Å². The van der Waals surface area contributed by atoms with Crippen molar-refractivity contribution in [2.75, 3.05) is 5.75 Å². The van der Waals surface area contributed by atoms with Crippen molar-refractivity contribution in [3.63, 3.8) is 0 Å². The summed E-state index contributed by atoms with van der Waals surface area (Å²) in [6.07, 6.45) is 2.66. The van der Waals surface area contributed by atoms with Crippen LogP contribution in [-0.4, -0.2) is 22.2 Å². The van der Waals surface area contributed by atoms with Crippen LogP contribution in [0.3, 0.4) is 0 Å². The summed E-state index contributed by atoms with van der Waals surface area (Å²) in [6.45, 7) is 6.11. The van der Waals surface area contributed by atoms with Crippen LogP contribution in [0, 0.1) is 0 Å². The highest BCUT2D eigenvalue weighted by molar-refractivity contribution is 7.99.